The number of nitrogens with two attached hydrogens (primary N) is 1. The Kier molecular flexibility index (Phi) is 6.73. The smallest absolute Gasteiger partial charge is 0.251 e. The van der Waals surface area contributed by atoms with Crippen molar-refractivity contribution < 1.29 is 14.3 Å². The van der Waals surface area contributed by atoms with E-state index < -0.39 is 5.91 Å². The van der Waals surface area contributed by atoms with Gasteiger partial charge in [0.2, 0.25) is 0 Å². The minimum Gasteiger partial charge on any atom is -0.493 e. The van der Waals surface area contributed by atoms with Crippen molar-refractivity contribution in [3.63, 3.8) is 0 Å². The zero-order valence-electron chi connectivity index (χ0n) is 17.8. The first-order chi connectivity index (χ1) is 14.4. The van der Waals surface area contributed by atoms with Gasteiger partial charge in [0.15, 0.2) is 11.5 Å². The number of nitrogens with zero attached hydrogens (tertiary/aromatic N) is 1. The van der Waals surface area contributed by atoms with E-state index in [0.717, 1.165) is 47.5 Å². The molecule has 1 amide bonds. The Bertz CT molecular complexity index is 1060. The first-order valence-electron chi connectivity index (χ1n) is 9.89. The zero-order chi connectivity index (χ0) is 21.8. The molecule has 0 aliphatic carbocycles. The molecule has 30 heavy (non-hydrogen) atoms. The van der Waals surface area contributed by atoms with Crippen molar-refractivity contribution in [1.29, 1.82) is 0 Å². The van der Waals surface area contributed by atoms with Gasteiger partial charge in [0.1, 0.15) is 0 Å². The summed E-state index contributed by atoms with van der Waals surface area (Å²) in [5.74, 6) is 0.986. The molecule has 0 saturated heterocycles. The number of primary amides is 1. The van der Waals surface area contributed by atoms with Crippen LogP contribution in [0.15, 0.2) is 42.5 Å². The van der Waals surface area contributed by atoms with Gasteiger partial charge in [-0.1, -0.05) is 36.7 Å². The molecule has 0 radical (unpaired) electrons. The monoisotopic (exact) mass is 426 g/mol. The van der Waals surface area contributed by atoms with Gasteiger partial charge in [0.25, 0.3) is 5.91 Å². The van der Waals surface area contributed by atoms with E-state index in [2.05, 4.69) is 11.5 Å². The summed E-state index contributed by atoms with van der Waals surface area (Å²) in [6.45, 7) is 4.76. The summed E-state index contributed by atoms with van der Waals surface area (Å²) in [4.78, 5) is 12.3. The van der Waals surface area contributed by atoms with Crippen LogP contribution in [0.5, 0.6) is 11.5 Å². The van der Waals surface area contributed by atoms with E-state index in [0.29, 0.717) is 22.1 Å². The normalized spacial score (nSPS) is 10.8. The third kappa shape index (κ3) is 4.17. The second-order valence-electron chi connectivity index (χ2n) is 7.10. The Labute approximate surface area is 182 Å². The second-order valence-corrected chi connectivity index (χ2v) is 7.53. The van der Waals surface area contributed by atoms with Crippen molar-refractivity contribution in [2.45, 2.75) is 33.2 Å². The quantitative estimate of drug-likeness (QED) is 0.548. The number of hydrogen-bond acceptors (Lipinski definition) is 3. The van der Waals surface area contributed by atoms with Gasteiger partial charge in [0.05, 0.1) is 19.8 Å². The average molecular weight is 427 g/mol. The van der Waals surface area contributed by atoms with Crippen LogP contribution >= 0.6 is 11.6 Å². The number of benzene rings is 2. The van der Waals surface area contributed by atoms with Crippen LogP contribution in [0.25, 0.3) is 11.1 Å². The molecule has 0 saturated carbocycles. The summed E-state index contributed by atoms with van der Waals surface area (Å²) in [7, 11) is 3.25. The molecule has 3 aromatic rings. The maximum Gasteiger partial charge on any atom is 0.251 e. The fraction of sp³-hybridized carbons (Fsp3) is 0.292. The summed E-state index contributed by atoms with van der Waals surface area (Å²) in [6.07, 6.45) is 1.55. The molecule has 0 atom stereocenters. The third-order valence-corrected chi connectivity index (χ3v) is 5.67. The fourth-order valence-corrected chi connectivity index (χ4v) is 4.10. The van der Waals surface area contributed by atoms with E-state index in [9.17, 15) is 4.79 Å². The van der Waals surface area contributed by atoms with E-state index >= 15 is 0 Å². The van der Waals surface area contributed by atoms with Gasteiger partial charge in [-0.3, -0.25) is 4.79 Å². The van der Waals surface area contributed by atoms with E-state index in [1.165, 1.54) is 0 Å². The molecular weight excluding hydrogens is 400 g/mol. The van der Waals surface area contributed by atoms with Crippen LogP contribution in [0, 0.1) is 6.92 Å². The van der Waals surface area contributed by atoms with Crippen LogP contribution in [0.4, 0.5) is 0 Å². The molecule has 158 valence electrons. The van der Waals surface area contributed by atoms with Crippen molar-refractivity contribution in [2.24, 2.45) is 5.73 Å². The van der Waals surface area contributed by atoms with Crippen molar-refractivity contribution in [3.05, 3.63) is 70.0 Å². The molecule has 1 aromatic heterocycles. The molecule has 3 rings (SSSR count). The van der Waals surface area contributed by atoms with E-state index in [1.807, 2.05) is 49.4 Å². The van der Waals surface area contributed by atoms with Gasteiger partial charge in [-0.05, 0) is 55.2 Å². The number of methoxy groups -OCH3 is 2. The number of aryl methyl sites for hydroxylation is 1. The number of carbonyl (C=O) groups is 1. The third-order valence-electron chi connectivity index (χ3n) is 5.42. The first-order valence-corrected chi connectivity index (χ1v) is 10.3. The first kappa shape index (κ1) is 21.8. The molecule has 0 bridgehead atoms. The predicted molar refractivity (Wildman–Crippen MR) is 121 cm³/mol. The molecular formula is C24H27ClN2O3. The Morgan fingerprint density at radius 2 is 1.73 bits per heavy atom. The van der Waals surface area contributed by atoms with Crippen LogP contribution in [-0.2, 0) is 19.4 Å². The van der Waals surface area contributed by atoms with Crippen molar-refractivity contribution in [3.8, 4) is 22.6 Å². The number of ether oxygens (including phenoxy) is 2. The van der Waals surface area contributed by atoms with Crippen LogP contribution in [0.2, 0.25) is 5.02 Å². The highest BCUT2D eigenvalue weighted by Gasteiger charge is 2.23. The largest absolute Gasteiger partial charge is 0.493 e. The number of amides is 1. The Morgan fingerprint density at radius 3 is 2.30 bits per heavy atom. The summed E-state index contributed by atoms with van der Waals surface area (Å²) in [5, 5.41) is 0.655. The summed E-state index contributed by atoms with van der Waals surface area (Å²) < 4.78 is 12.9. The molecule has 2 aromatic carbocycles. The average Bonchev–Trinajstić information content (AvgIpc) is 3.04. The maximum atomic E-state index is 12.3. The van der Waals surface area contributed by atoms with E-state index in [4.69, 9.17) is 26.8 Å². The van der Waals surface area contributed by atoms with Gasteiger partial charge >= 0.3 is 0 Å². The lowest BCUT2D eigenvalue weighted by Crippen LogP contribution is -2.14. The van der Waals surface area contributed by atoms with Crippen LogP contribution in [0.3, 0.4) is 0 Å². The second kappa shape index (κ2) is 9.26. The molecule has 0 fully saturated rings. The summed E-state index contributed by atoms with van der Waals surface area (Å²) >= 11 is 6.06. The number of halogens is 1. The number of hydrogen-bond donors (Lipinski definition) is 1. The SMILES string of the molecule is CCc1c(-c2ccc(Cl)cc2)c(C(N)=O)c(C)n1CCc1ccc(OC)c(OC)c1. The minimum atomic E-state index is -0.419. The van der Waals surface area contributed by atoms with E-state index in [-0.39, 0.29) is 0 Å². The molecule has 1 heterocycles. The van der Waals surface area contributed by atoms with E-state index in [1.54, 1.807) is 14.2 Å². The summed E-state index contributed by atoms with van der Waals surface area (Å²) in [5.41, 5.74) is 11.3. The predicted octanol–water partition coefficient (Wildman–Crippen LogP) is 5.04. The van der Waals surface area contributed by atoms with Gasteiger partial charge in [0, 0.05) is 28.5 Å². The highest BCUT2D eigenvalue weighted by molar-refractivity contribution is 6.30. The molecule has 0 spiro atoms. The Hall–Kier alpha value is -2.92. The molecule has 5 nitrogen and oxygen atoms in total. The fourth-order valence-electron chi connectivity index (χ4n) is 3.97. The number of carbonyl (C=O) groups excluding carboxylic acids is 1. The molecule has 2 N–H and O–H groups in total. The highest BCUT2D eigenvalue weighted by Crippen LogP contribution is 2.34. The summed E-state index contributed by atoms with van der Waals surface area (Å²) in [6, 6.07) is 13.4. The lowest BCUT2D eigenvalue weighted by Gasteiger charge is -2.13. The molecule has 0 aliphatic rings. The highest BCUT2D eigenvalue weighted by atomic mass is 35.5. The zero-order valence-corrected chi connectivity index (χ0v) is 18.5. The van der Waals surface area contributed by atoms with Gasteiger partial charge in [-0.15, -0.1) is 0 Å². The number of rotatable bonds is 8. The van der Waals surface area contributed by atoms with Crippen LogP contribution in [0.1, 0.15) is 34.2 Å². The van der Waals surface area contributed by atoms with Crippen molar-refractivity contribution in [2.75, 3.05) is 14.2 Å². The lowest BCUT2D eigenvalue weighted by atomic mass is 9.99. The molecule has 0 aliphatic heterocycles. The molecule has 0 unspecified atom stereocenters. The molecule has 6 heteroatoms. The maximum absolute atomic E-state index is 12.3. The van der Waals surface area contributed by atoms with Gasteiger partial charge in [-0.2, -0.15) is 0 Å². The number of aromatic nitrogens is 1. The van der Waals surface area contributed by atoms with Crippen molar-refractivity contribution in [1.82, 2.24) is 4.57 Å². The van der Waals surface area contributed by atoms with Crippen molar-refractivity contribution >= 4 is 17.5 Å². The standard InChI is InChI=1S/C24H27ClN2O3/c1-5-19-23(17-7-9-18(25)10-8-17)22(24(26)28)15(2)27(19)13-12-16-6-11-20(29-3)21(14-16)30-4/h6-11,14H,5,12-13H2,1-4H3,(H2,26,28). The van der Waals surface area contributed by atoms with Crippen LogP contribution < -0.4 is 15.2 Å². The van der Waals surface area contributed by atoms with Crippen LogP contribution in [-0.4, -0.2) is 24.7 Å². The minimum absolute atomic E-state index is 0.419. The Balaban J connectivity index is 2.02. The Morgan fingerprint density at radius 1 is 1.07 bits per heavy atom. The topological polar surface area (TPSA) is 66.5 Å². The lowest BCUT2D eigenvalue weighted by molar-refractivity contribution is 0.1000. The van der Waals surface area contributed by atoms with Gasteiger partial charge < -0.3 is 19.8 Å². The van der Waals surface area contributed by atoms with Gasteiger partial charge in [-0.25, -0.2) is 0 Å².